The Morgan fingerprint density at radius 2 is 1.38 bits per heavy atom. The van der Waals surface area contributed by atoms with Gasteiger partial charge >= 0.3 is 12.1 Å². The lowest BCUT2D eigenvalue weighted by atomic mass is 10.2. The summed E-state index contributed by atoms with van der Waals surface area (Å²) in [6, 6.07) is 14.7. The molecule has 0 saturated heterocycles. The van der Waals surface area contributed by atoms with Crippen molar-refractivity contribution >= 4 is 35.8 Å². The van der Waals surface area contributed by atoms with Gasteiger partial charge in [-0.25, -0.2) is 15.0 Å². The van der Waals surface area contributed by atoms with E-state index in [-0.39, 0.29) is 13.2 Å². The number of urea groups is 1. The van der Waals surface area contributed by atoms with Crippen molar-refractivity contribution in [2.75, 3.05) is 7.05 Å². The van der Waals surface area contributed by atoms with Crippen molar-refractivity contribution < 1.29 is 33.5 Å². The maximum atomic E-state index is 12.4. The molecule has 0 aliphatic carbocycles. The number of ether oxygens (including phenoxy) is 1. The Morgan fingerprint density at radius 3 is 1.98 bits per heavy atom. The fourth-order valence-corrected chi connectivity index (χ4v) is 3.06. The summed E-state index contributed by atoms with van der Waals surface area (Å²) in [5, 5.41) is 9.74. The van der Waals surface area contributed by atoms with Gasteiger partial charge in [0.25, 0.3) is 5.91 Å². The Hall–Kier alpha value is -5.04. The average Bonchev–Trinajstić information content (AvgIpc) is 2.95. The monoisotopic (exact) mass is 552 g/mol. The van der Waals surface area contributed by atoms with Crippen LogP contribution < -0.4 is 26.7 Å². The number of nitrogens with one attached hydrogen (secondary N) is 5. The first-order valence-electron chi connectivity index (χ1n) is 12.2. The highest BCUT2D eigenvalue weighted by atomic mass is 16.5. The second-order valence-corrected chi connectivity index (χ2v) is 8.39. The SMILES string of the molecule is CNN(C(=O)/C=C/C(=O)NCc1ccccc1)C(=O)NC(=O)[C@H](C)NC(=O)[C@H](C)NC(=O)OCc1ccccc1. The van der Waals surface area contributed by atoms with Gasteiger partial charge in [-0.05, 0) is 25.0 Å². The summed E-state index contributed by atoms with van der Waals surface area (Å²) < 4.78 is 5.05. The van der Waals surface area contributed by atoms with Gasteiger partial charge in [-0.15, -0.1) is 0 Å². The van der Waals surface area contributed by atoms with Gasteiger partial charge in [0, 0.05) is 25.7 Å². The predicted octanol–water partition coefficient (Wildman–Crippen LogP) is 0.878. The molecule has 5 N–H and O–H groups in total. The summed E-state index contributed by atoms with van der Waals surface area (Å²) in [4.78, 5) is 73.5. The van der Waals surface area contributed by atoms with Crippen LogP contribution >= 0.6 is 0 Å². The van der Waals surface area contributed by atoms with E-state index in [1.807, 2.05) is 41.7 Å². The first-order valence-corrected chi connectivity index (χ1v) is 12.2. The van der Waals surface area contributed by atoms with Crippen LogP contribution in [0.2, 0.25) is 0 Å². The Bertz CT molecular complexity index is 1220. The summed E-state index contributed by atoms with van der Waals surface area (Å²) in [6.07, 6.45) is 0.979. The van der Waals surface area contributed by atoms with Crippen LogP contribution in [0.15, 0.2) is 72.8 Å². The predicted molar refractivity (Wildman–Crippen MR) is 144 cm³/mol. The van der Waals surface area contributed by atoms with E-state index in [9.17, 15) is 28.8 Å². The number of rotatable bonds is 11. The number of carbonyl (C=O) groups excluding carboxylic acids is 6. The van der Waals surface area contributed by atoms with E-state index in [0.29, 0.717) is 5.01 Å². The molecule has 2 atom stereocenters. The number of alkyl carbamates (subject to hydrolysis) is 1. The molecule has 0 radical (unpaired) electrons. The van der Waals surface area contributed by atoms with E-state index in [1.165, 1.54) is 20.9 Å². The second-order valence-electron chi connectivity index (χ2n) is 8.39. The van der Waals surface area contributed by atoms with Crippen molar-refractivity contribution in [3.05, 3.63) is 83.9 Å². The van der Waals surface area contributed by atoms with Gasteiger partial charge in [0.05, 0.1) is 0 Å². The van der Waals surface area contributed by atoms with E-state index >= 15 is 0 Å². The lowest BCUT2D eigenvalue weighted by Gasteiger charge is -2.20. The normalized spacial score (nSPS) is 12.0. The van der Waals surface area contributed by atoms with Crippen molar-refractivity contribution in [3.63, 3.8) is 0 Å². The molecule has 0 aliphatic rings. The summed E-state index contributed by atoms with van der Waals surface area (Å²) >= 11 is 0. The molecule has 0 fully saturated rings. The summed E-state index contributed by atoms with van der Waals surface area (Å²) in [5.74, 6) is -3.12. The molecule has 0 bridgehead atoms. The van der Waals surface area contributed by atoms with Crippen molar-refractivity contribution in [3.8, 4) is 0 Å². The summed E-state index contributed by atoms with van der Waals surface area (Å²) in [6.45, 7) is 2.95. The number of hydrogen-bond acceptors (Lipinski definition) is 8. The van der Waals surface area contributed by atoms with Gasteiger partial charge in [-0.3, -0.25) is 24.5 Å². The van der Waals surface area contributed by atoms with Crippen molar-refractivity contribution in [2.24, 2.45) is 0 Å². The fourth-order valence-electron chi connectivity index (χ4n) is 3.06. The van der Waals surface area contributed by atoms with Gasteiger partial charge in [-0.1, -0.05) is 60.7 Å². The number of hydrazine groups is 1. The second kappa shape index (κ2) is 16.0. The molecule has 40 heavy (non-hydrogen) atoms. The molecule has 13 heteroatoms. The van der Waals surface area contributed by atoms with Crippen molar-refractivity contribution in [2.45, 2.75) is 39.1 Å². The van der Waals surface area contributed by atoms with Crippen LogP contribution in [-0.2, 0) is 37.1 Å². The first-order chi connectivity index (χ1) is 19.1. The van der Waals surface area contributed by atoms with Gasteiger partial charge in [0.15, 0.2) is 0 Å². The molecule has 0 saturated carbocycles. The molecule has 0 heterocycles. The largest absolute Gasteiger partial charge is 0.445 e. The molecule has 2 rings (SSSR count). The van der Waals surface area contributed by atoms with E-state index in [1.54, 1.807) is 24.3 Å². The van der Waals surface area contributed by atoms with Crippen LogP contribution in [0.5, 0.6) is 0 Å². The number of nitrogens with zero attached hydrogens (tertiary/aromatic N) is 1. The average molecular weight is 553 g/mol. The number of imide groups is 2. The van der Waals surface area contributed by atoms with Gasteiger partial charge < -0.3 is 20.7 Å². The van der Waals surface area contributed by atoms with Crippen LogP contribution in [0.25, 0.3) is 0 Å². The minimum absolute atomic E-state index is 0.0101. The smallest absolute Gasteiger partial charge is 0.408 e. The number of amides is 7. The molecule has 0 unspecified atom stereocenters. The zero-order valence-corrected chi connectivity index (χ0v) is 22.3. The molecule has 0 spiro atoms. The minimum atomic E-state index is -1.20. The highest BCUT2D eigenvalue weighted by Gasteiger charge is 2.26. The highest BCUT2D eigenvalue weighted by Crippen LogP contribution is 2.01. The zero-order valence-electron chi connectivity index (χ0n) is 22.3. The third-order valence-corrected chi connectivity index (χ3v) is 5.26. The minimum Gasteiger partial charge on any atom is -0.445 e. The Balaban J connectivity index is 1.78. The lowest BCUT2D eigenvalue weighted by molar-refractivity contribution is -0.129. The van der Waals surface area contributed by atoms with E-state index in [0.717, 1.165) is 23.3 Å². The molecule has 0 aromatic heterocycles. The maximum absolute atomic E-state index is 12.4. The lowest BCUT2D eigenvalue weighted by Crippen LogP contribution is -2.56. The van der Waals surface area contributed by atoms with Crippen LogP contribution in [0.4, 0.5) is 9.59 Å². The zero-order chi connectivity index (χ0) is 29.5. The quantitative estimate of drug-likeness (QED) is 0.202. The van der Waals surface area contributed by atoms with E-state index in [2.05, 4.69) is 21.4 Å². The number of carbonyl (C=O) groups is 6. The van der Waals surface area contributed by atoms with Crippen LogP contribution in [-0.4, -0.2) is 59.9 Å². The summed E-state index contributed by atoms with van der Waals surface area (Å²) in [5.41, 5.74) is 3.94. The molecule has 0 aliphatic heterocycles. The van der Waals surface area contributed by atoms with Crippen molar-refractivity contribution in [1.82, 2.24) is 31.7 Å². The van der Waals surface area contributed by atoms with Gasteiger partial charge in [0.2, 0.25) is 17.7 Å². The Morgan fingerprint density at radius 1 is 0.800 bits per heavy atom. The number of benzene rings is 2. The fraction of sp³-hybridized carbons (Fsp3) is 0.259. The third kappa shape index (κ3) is 10.8. The standard InChI is InChI=1S/C27H32N6O7/c1-18(30-24(36)19(2)31-27(39)40-17-21-12-8-5-9-13-21)25(37)32-26(38)33(28-3)23(35)15-14-22(34)29-16-20-10-6-4-7-11-20/h4-15,18-19,28H,16-17H2,1-3H3,(H,29,34)(H,30,36)(H,31,39)(H,32,37,38)/b15-14+/t18-,19-/m0/s1. The molecular formula is C27H32N6O7. The molecule has 2 aromatic carbocycles. The Kier molecular flexibility index (Phi) is 12.5. The van der Waals surface area contributed by atoms with Crippen LogP contribution in [0, 0.1) is 0 Å². The molecule has 7 amide bonds. The third-order valence-electron chi connectivity index (χ3n) is 5.26. The van der Waals surface area contributed by atoms with E-state index < -0.39 is 47.8 Å². The molecule has 212 valence electrons. The van der Waals surface area contributed by atoms with Crippen LogP contribution in [0.3, 0.4) is 0 Å². The number of hydrogen-bond donors (Lipinski definition) is 5. The van der Waals surface area contributed by atoms with Crippen molar-refractivity contribution in [1.29, 1.82) is 0 Å². The van der Waals surface area contributed by atoms with Gasteiger partial charge in [0.1, 0.15) is 18.7 Å². The highest BCUT2D eigenvalue weighted by molar-refractivity contribution is 6.07. The molecular weight excluding hydrogens is 520 g/mol. The van der Waals surface area contributed by atoms with Crippen LogP contribution in [0.1, 0.15) is 25.0 Å². The molecule has 13 nitrogen and oxygen atoms in total. The first kappa shape index (κ1) is 31.2. The Labute approximate surface area is 231 Å². The topological polar surface area (TPSA) is 175 Å². The summed E-state index contributed by atoms with van der Waals surface area (Å²) in [7, 11) is 1.26. The maximum Gasteiger partial charge on any atom is 0.408 e. The molecule has 2 aromatic rings. The van der Waals surface area contributed by atoms with E-state index in [4.69, 9.17) is 4.74 Å². The van der Waals surface area contributed by atoms with Gasteiger partial charge in [-0.2, -0.15) is 5.01 Å².